The highest BCUT2D eigenvalue weighted by Crippen LogP contribution is 2.32. The molecule has 130 valence electrons. The van der Waals surface area contributed by atoms with Crippen LogP contribution in [0.1, 0.15) is 23.5 Å². The molecule has 1 aliphatic heterocycles. The number of likely N-dealkylation sites (tertiary alicyclic amines) is 1. The summed E-state index contributed by atoms with van der Waals surface area (Å²) in [7, 11) is 1.34. The largest absolute Gasteiger partial charge is 0.467 e. The van der Waals surface area contributed by atoms with E-state index < -0.39 is 18.1 Å². The standard InChI is InChI=1S/C20H21NO4/c1-24-19(22)18-12-17(16-10-6-3-7-11-16)13-21(18)20(23)25-14-15-8-4-2-5-9-15/h2-11,17-18H,12-14H2,1H3/t17-,18-/m0/s1. The first-order valence-electron chi connectivity index (χ1n) is 8.29. The predicted octanol–water partition coefficient (Wildman–Crippen LogP) is 3.35. The molecule has 1 fully saturated rings. The molecule has 2 atom stereocenters. The van der Waals surface area contributed by atoms with E-state index in [-0.39, 0.29) is 12.5 Å². The van der Waals surface area contributed by atoms with Gasteiger partial charge in [0.1, 0.15) is 12.6 Å². The Morgan fingerprint density at radius 1 is 1.04 bits per heavy atom. The third-order valence-corrected chi connectivity index (χ3v) is 4.48. The van der Waals surface area contributed by atoms with Crippen molar-refractivity contribution >= 4 is 12.1 Å². The molecule has 0 N–H and O–H groups in total. The van der Waals surface area contributed by atoms with Gasteiger partial charge in [0.25, 0.3) is 0 Å². The summed E-state index contributed by atoms with van der Waals surface area (Å²) in [6.45, 7) is 0.622. The second-order valence-corrected chi connectivity index (χ2v) is 6.07. The van der Waals surface area contributed by atoms with Crippen LogP contribution in [-0.2, 0) is 20.9 Å². The van der Waals surface area contributed by atoms with Gasteiger partial charge in [-0.2, -0.15) is 0 Å². The number of benzene rings is 2. The van der Waals surface area contributed by atoms with E-state index >= 15 is 0 Å². The minimum Gasteiger partial charge on any atom is -0.467 e. The molecule has 1 heterocycles. The number of amides is 1. The van der Waals surface area contributed by atoms with Crippen LogP contribution >= 0.6 is 0 Å². The van der Waals surface area contributed by atoms with E-state index in [0.717, 1.165) is 11.1 Å². The average molecular weight is 339 g/mol. The Bertz CT molecular complexity index is 717. The maximum Gasteiger partial charge on any atom is 0.410 e. The maximum atomic E-state index is 12.5. The van der Waals surface area contributed by atoms with Crippen LogP contribution in [0.25, 0.3) is 0 Å². The van der Waals surface area contributed by atoms with Gasteiger partial charge >= 0.3 is 12.1 Å². The van der Waals surface area contributed by atoms with Gasteiger partial charge in [-0.1, -0.05) is 60.7 Å². The van der Waals surface area contributed by atoms with E-state index in [1.54, 1.807) is 0 Å². The van der Waals surface area contributed by atoms with Gasteiger partial charge < -0.3 is 9.47 Å². The first kappa shape index (κ1) is 17.0. The number of nitrogens with zero attached hydrogens (tertiary/aromatic N) is 1. The molecule has 2 aromatic rings. The van der Waals surface area contributed by atoms with Gasteiger partial charge in [0.2, 0.25) is 0 Å². The van der Waals surface area contributed by atoms with E-state index in [1.807, 2.05) is 60.7 Å². The summed E-state index contributed by atoms with van der Waals surface area (Å²) in [6, 6.07) is 18.7. The number of carbonyl (C=O) groups is 2. The van der Waals surface area contributed by atoms with Crippen LogP contribution in [0.3, 0.4) is 0 Å². The molecular formula is C20H21NO4. The van der Waals surface area contributed by atoms with Gasteiger partial charge in [0.05, 0.1) is 7.11 Å². The average Bonchev–Trinajstić information content (AvgIpc) is 3.12. The zero-order valence-electron chi connectivity index (χ0n) is 14.1. The van der Waals surface area contributed by atoms with Crippen molar-refractivity contribution in [2.45, 2.75) is 25.0 Å². The van der Waals surface area contributed by atoms with Crippen LogP contribution in [0.15, 0.2) is 60.7 Å². The fourth-order valence-corrected chi connectivity index (χ4v) is 3.17. The van der Waals surface area contributed by atoms with E-state index in [0.29, 0.717) is 13.0 Å². The van der Waals surface area contributed by atoms with Gasteiger partial charge in [-0.05, 0) is 17.5 Å². The van der Waals surface area contributed by atoms with E-state index in [2.05, 4.69) is 0 Å². The molecule has 3 rings (SSSR count). The summed E-state index contributed by atoms with van der Waals surface area (Å²) >= 11 is 0. The minimum absolute atomic E-state index is 0.0922. The third kappa shape index (κ3) is 3.99. The number of hydrogen-bond acceptors (Lipinski definition) is 4. The molecular weight excluding hydrogens is 318 g/mol. The van der Waals surface area contributed by atoms with E-state index in [4.69, 9.17) is 9.47 Å². The Kier molecular flexibility index (Phi) is 5.33. The number of carbonyl (C=O) groups excluding carboxylic acids is 2. The normalized spacial score (nSPS) is 19.5. The third-order valence-electron chi connectivity index (χ3n) is 4.48. The maximum absolute atomic E-state index is 12.5. The van der Waals surface area contributed by atoms with Gasteiger partial charge in [-0.3, -0.25) is 4.90 Å². The van der Waals surface area contributed by atoms with E-state index in [1.165, 1.54) is 12.0 Å². The monoisotopic (exact) mass is 339 g/mol. The molecule has 0 unspecified atom stereocenters. The molecule has 0 bridgehead atoms. The highest BCUT2D eigenvalue weighted by molar-refractivity contribution is 5.82. The topological polar surface area (TPSA) is 55.8 Å². The molecule has 25 heavy (non-hydrogen) atoms. The Hall–Kier alpha value is -2.82. The molecule has 5 heteroatoms. The summed E-state index contributed by atoms with van der Waals surface area (Å²) in [5.41, 5.74) is 2.01. The van der Waals surface area contributed by atoms with Crippen LogP contribution in [0.5, 0.6) is 0 Å². The van der Waals surface area contributed by atoms with Crippen LogP contribution < -0.4 is 0 Å². The highest BCUT2D eigenvalue weighted by atomic mass is 16.6. The summed E-state index contributed by atoms with van der Waals surface area (Å²) in [5.74, 6) is -0.315. The molecule has 2 aromatic carbocycles. The number of methoxy groups -OCH3 is 1. The Morgan fingerprint density at radius 3 is 2.32 bits per heavy atom. The quantitative estimate of drug-likeness (QED) is 0.802. The van der Waals surface area contributed by atoms with Crippen molar-refractivity contribution in [1.29, 1.82) is 0 Å². The van der Waals surface area contributed by atoms with Gasteiger partial charge in [0, 0.05) is 12.5 Å². The van der Waals surface area contributed by atoms with E-state index in [9.17, 15) is 9.59 Å². The molecule has 0 aliphatic carbocycles. The molecule has 0 aromatic heterocycles. The summed E-state index contributed by atoms with van der Waals surface area (Å²) < 4.78 is 10.3. The second-order valence-electron chi connectivity index (χ2n) is 6.07. The summed E-state index contributed by atoms with van der Waals surface area (Å²) in [5, 5.41) is 0. The van der Waals surface area contributed by atoms with Crippen molar-refractivity contribution < 1.29 is 19.1 Å². The van der Waals surface area contributed by atoms with Gasteiger partial charge in [0.15, 0.2) is 0 Å². The molecule has 5 nitrogen and oxygen atoms in total. The first-order valence-corrected chi connectivity index (χ1v) is 8.29. The SMILES string of the molecule is COC(=O)[C@@H]1C[C@H](c2ccccc2)CN1C(=O)OCc1ccccc1. The van der Waals surface area contributed by atoms with Crippen LogP contribution in [0.4, 0.5) is 4.79 Å². The molecule has 1 saturated heterocycles. The molecule has 0 radical (unpaired) electrons. The minimum atomic E-state index is -0.613. The highest BCUT2D eigenvalue weighted by Gasteiger charge is 2.41. The predicted molar refractivity (Wildman–Crippen MR) is 92.9 cm³/mol. The fraction of sp³-hybridized carbons (Fsp3) is 0.300. The molecule has 0 spiro atoms. The molecule has 1 aliphatic rings. The van der Waals surface area contributed by atoms with Crippen molar-refractivity contribution in [3.63, 3.8) is 0 Å². The summed E-state index contributed by atoms with van der Waals surface area (Å²) in [6.07, 6.45) is 0.0506. The lowest BCUT2D eigenvalue weighted by atomic mass is 9.96. The number of ether oxygens (including phenoxy) is 2. The Balaban J connectivity index is 1.70. The van der Waals surface area contributed by atoms with Crippen molar-refractivity contribution in [1.82, 2.24) is 4.90 Å². The van der Waals surface area contributed by atoms with Crippen LogP contribution in [0.2, 0.25) is 0 Å². The number of esters is 1. The van der Waals surface area contributed by atoms with Gasteiger partial charge in [-0.25, -0.2) is 9.59 Å². The molecule has 0 saturated carbocycles. The van der Waals surface area contributed by atoms with Crippen molar-refractivity contribution in [2.75, 3.05) is 13.7 Å². The second kappa shape index (κ2) is 7.83. The van der Waals surface area contributed by atoms with Crippen molar-refractivity contribution in [3.8, 4) is 0 Å². The van der Waals surface area contributed by atoms with Crippen molar-refractivity contribution in [2.24, 2.45) is 0 Å². The van der Waals surface area contributed by atoms with Crippen molar-refractivity contribution in [3.05, 3.63) is 71.8 Å². The smallest absolute Gasteiger partial charge is 0.410 e. The number of rotatable bonds is 4. The zero-order chi connectivity index (χ0) is 17.6. The van der Waals surface area contributed by atoms with Crippen LogP contribution in [-0.4, -0.2) is 36.7 Å². The molecule has 1 amide bonds. The van der Waals surface area contributed by atoms with Gasteiger partial charge in [-0.15, -0.1) is 0 Å². The van der Waals surface area contributed by atoms with Crippen LogP contribution in [0, 0.1) is 0 Å². The Morgan fingerprint density at radius 2 is 1.68 bits per heavy atom. The fourth-order valence-electron chi connectivity index (χ4n) is 3.17. The Labute approximate surface area is 147 Å². The lowest BCUT2D eigenvalue weighted by molar-refractivity contribution is -0.145. The lowest BCUT2D eigenvalue weighted by Gasteiger charge is -2.22. The summed E-state index contributed by atoms with van der Waals surface area (Å²) in [4.78, 5) is 26.1. The number of hydrogen-bond donors (Lipinski definition) is 0. The first-order chi connectivity index (χ1) is 12.2. The lowest BCUT2D eigenvalue weighted by Crippen LogP contribution is -2.41. The zero-order valence-corrected chi connectivity index (χ0v) is 14.1.